The minimum atomic E-state index is -0.858. The van der Waals surface area contributed by atoms with E-state index in [1.54, 1.807) is 12.1 Å². The van der Waals surface area contributed by atoms with Crippen LogP contribution in [0, 0.1) is 21.4 Å². The molecule has 2 aliphatic carbocycles. The van der Waals surface area contributed by atoms with Crippen molar-refractivity contribution in [2.75, 3.05) is 25.0 Å². The van der Waals surface area contributed by atoms with Crippen LogP contribution in [0.5, 0.6) is 0 Å². The number of likely N-dealkylation sites (tertiary alicyclic amines) is 1. The third-order valence-corrected chi connectivity index (χ3v) is 7.06. The van der Waals surface area contributed by atoms with Gasteiger partial charge in [0.05, 0.1) is 10.5 Å². The van der Waals surface area contributed by atoms with Crippen molar-refractivity contribution in [1.82, 2.24) is 4.90 Å². The summed E-state index contributed by atoms with van der Waals surface area (Å²) in [4.78, 5) is 25.1. The predicted molar refractivity (Wildman–Crippen MR) is 106 cm³/mol. The number of piperidine rings is 1. The molecule has 4 rings (SSSR count). The van der Waals surface area contributed by atoms with Gasteiger partial charge in [0.15, 0.2) is 0 Å². The second-order valence-electron chi connectivity index (χ2n) is 8.98. The van der Waals surface area contributed by atoms with Gasteiger partial charge in [0.1, 0.15) is 0 Å². The highest BCUT2D eigenvalue weighted by Gasteiger charge is 2.46. The molecule has 1 amide bonds. The average molecular weight is 387 g/mol. The number of nitro groups is 1. The van der Waals surface area contributed by atoms with E-state index in [0.29, 0.717) is 37.9 Å². The van der Waals surface area contributed by atoms with E-state index in [1.807, 2.05) is 4.90 Å². The van der Waals surface area contributed by atoms with Crippen molar-refractivity contribution in [2.24, 2.45) is 11.3 Å². The highest BCUT2D eigenvalue weighted by atomic mass is 16.6. The molecule has 1 aliphatic heterocycles. The Morgan fingerprint density at radius 2 is 1.71 bits per heavy atom. The molecule has 0 atom stereocenters. The second kappa shape index (κ2) is 7.35. The highest BCUT2D eigenvalue weighted by Crippen LogP contribution is 2.57. The number of anilines is 1. The number of hydrogen-bond acceptors (Lipinski definition) is 5. The second-order valence-corrected chi connectivity index (χ2v) is 8.98. The van der Waals surface area contributed by atoms with Gasteiger partial charge in [-0.05, 0) is 68.9 Å². The molecule has 0 radical (unpaired) electrons. The Kier molecular flexibility index (Phi) is 5.04. The summed E-state index contributed by atoms with van der Waals surface area (Å²) in [5.74, 6) is 0.455. The fourth-order valence-corrected chi connectivity index (χ4v) is 4.70. The zero-order chi connectivity index (χ0) is 19.8. The van der Waals surface area contributed by atoms with Crippen LogP contribution in [0.4, 0.5) is 11.4 Å². The Bertz CT molecular complexity index is 727. The maximum atomic E-state index is 12.8. The molecular weight excluding hydrogens is 358 g/mol. The number of nitrogens with zero attached hydrogens (tertiary/aromatic N) is 2. The first-order valence-corrected chi connectivity index (χ1v) is 10.4. The van der Waals surface area contributed by atoms with Gasteiger partial charge in [-0.25, -0.2) is 0 Å². The number of non-ortho nitro benzene ring substituents is 1. The first kappa shape index (κ1) is 19.2. The van der Waals surface area contributed by atoms with Gasteiger partial charge in [0.2, 0.25) is 5.91 Å². The molecule has 1 saturated heterocycles. The van der Waals surface area contributed by atoms with Gasteiger partial charge in [-0.1, -0.05) is 0 Å². The Morgan fingerprint density at radius 3 is 2.25 bits per heavy atom. The lowest BCUT2D eigenvalue weighted by Gasteiger charge is -2.40. The molecular formula is C21H29N3O4. The van der Waals surface area contributed by atoms with E-state index >= 15 is 0 Å². The number of carbonyl (C=O) groups is 1. The smallest absolute Gasteiger partial charge is 0.269 e. The van der Waals surface area contributed by atoms with Crippen LogP contribution in [-0.2, 0) is 4.79 Å². The lowest BCUT2D eigenvalue weighted by Crippen LogP contribution is -2.51. The standard InChI is InChI=1S/C21H29N3O4/c25-19(16-5-7-20(8-6-16)9-10-20)23-13-11-21(26,12-14-23)15-22-17-1-3-18(4-2-17)24(27)28/h1-4,16,22,26H,5-15H2. The molecule has 28 heavy (non-hydrogen) atoms. The van der Waals surface area contributed by atoms with Crippen molar-refractivity contribution in [2.45, 2.75) is 57.0 Å². The van der Waals surface area contributed by atoms with E-state index < -0.39 is 10.5 Å². The number of carbonyl (C=O) groups excluding carboxylic acids is 1. The zero-order valence-corrected chi connectivity index (χ0v) is 16.2. The molecule has 7 nitrogen and oxygen atoms in total. The predicted octanol–water partition coefficient (Wildman–Crippen LogP) is 3.33. The number of rotatable bonds is 5. The molecule has 0 unspecified atom stereocenters. The van der Waals surface area contributed by atoms with Gasteiger partial charge >= 0.3 is 0 Å². The topological polar surface area (TPSA) is 95.7 Å². The summed E-state index contributed by atoms with van der Waals surface area (Å²) in [7, 11) is 0. The summed E-state index contributed by atoms with van der Waals surface area (Å²) in [5, 5.41) is 24.7. The summed E-state index contributed by atoms with van der Waals surface area (Å²) >= 11 is 0. The van der Waals surface area contributed by atoms with Crippen LogP contribution in [0.2, 0.25) is 0 Å². The lowest BCUT2D eigenvalue weighted by molar-refractivity contribution is -0.384. The summed E-state index contributed by atoms with van der Waals surface area (Å²) < 4.78 is 0. The van der Waals surface area contributed by atoms with E-state index in [4.69, 9.17) is 0 Å². The molecule has 3 fully saturated rings. The number of nitrogens with one attached hydrogen (secondary N) is 1. The van der Waals surface area contributed by atoms with Crippen molar-refractivity contribution >= 4 is 17.3 Å². The van der Waals surface area contributed by atoms with E-state index in [9.17, 15) is 20.0 Å². The van der Waals surface area contributed by atoms with Crippen LogP contribution in [0.1, 0.15) is 51.4 Å². The van der Waals surface area contributed by atoms with Crippen molar-refractivity contribution in [3.05, 3.63) is 34.4 Å². The quantitative estimate of drug-likeness (QED) is 0.597. The number of hydrogen-bond donors (Lipinski definition) is 2. The third kappa shape index (κ3) is 4.14. The van der Waals surface area contributed by atoms with E-state index in [-0.39, 0.29) is 17.5 Å². The SMILES string of the molecule is O=C(C1CCC2(CC1)CC2)N1CCC(O)(CNc2ccc([N+](=O)[O-])cc2)CC1. The van der Waals surface area contributed by atoms with E-state index in [2.05, 4.69) is 5.32 Å². The molecule has 152 valence electrons. The zero-order valence-electron chi connectivity index (χ0n) is 16.2. The molecule has 2 N–H and O–H groups in total. The molecule has 0 bridgehead atoms. The molecule has 3 aliphatic rings. The molecule has 1 spiro atoms. The Hall–Kier alpha value is -2.15. The molecule has 1 heterocycles. The maximum Gasteiger partial charge on any atom is 0.269 e. The number of benzene rings is 1. The van der Waals surface area contributed by atoms with Crippen LogP contribution in [-0.4, -0.2) is 46.1 Å². The van der Waals surface area contributed by atoms with Gasteiger partial charge in [0.25, 0.3) is 5.69 Å². The van der Waals surface area contributed by atoms with Gasteiger partial charge in [-0.15, -0.1) is 0 Å². The minimum absolute atomic E-state index is 0.0476. The summed E-state index contributed by atoms with van der Waals surface area (Å²) in [6, 6.07) is 6.19. The van der Waals surface area contributed by atoms with Crippen LogP contribution >= 0.6 is 0 Å². The van der Waals surface area contributed by atoms with Crippen LogP contribution in [0.15, 0.2) is 24.3 Å². The van der Waals surface area contributed by atoms with Crippen molar-refractivity contribution < 1.29 is 14.8 Å². The van der Waals surface area contributed by atoms with Gasteiger partial charge in [0, 0.05) is 43.4 Å². The average Bonchev–Trinajstić information content (AvgIpc) is 3.46. The lowest BCUT2D eigenvalue weighted by atomic mass is 9.79. The first-order valence-electron chi connectivity index (χ1n) is 10.4. The van der Waals surface area contributed by atoms with Crippen LogP contribution < -0.4 is 5.32 Å². The minimum Gasteiger partial charge on any atom is -0.388 e. The number of aliphatic hydroxyl groups is 1. The van der Waals surface area contributed by atoms with Gasteiger partial charge < -0.3 is 15.3 Å². The van der Waals surface area contributed by atoms with Gasteiger partial charge in [-0.3, -0.25) is 14.9 Å². The number of nitro benzene ring substituents is 1. The normalized spacial score (nSPS) is 23.4. The summed E-state index contributed by atoms with van der Waals surface area (Å²) in [6.07, 6.45) is 8.28. The molecule has 1 aromatic rings. The highest BCUT2D eigenvalue weighted by molar-refractivity contribution is 5.79. The fraction of sp³-hybridized carbons (Fsp3) is 0.667. The van der Waals surface area contributed by atoms with Crippen LogP contribution in [0.3, 0.4) is 0 Å². The largest absolute Gasteiger partial charge is 0.388 e. The molecule has 0 aromatic heterocycles. The Morgan fingerprint density at radius 1 is 1.11 bits per heavy atom. The maximum absolute atomic E-state index is 12.8. The van der Waals surface area contributed by atoms with Crippen molar-refractivity contribution in [3.63, 3.8) is 0 Å². The fourth-order valence-electron chi connectivity index (χ4n) is 4.70. The molecule has 2 saturated carbocycles. The Labute approximate surface area is 165 Å². The summed E-state index contributed by atoms with van der Waals surface area (Å²) in [6.45, 7) is 1.57. The van der Waals surface area contributed by atoms with Gasteiger partial charge in [-0.2, -0.15) is 0 Å². The van der Waals surface area contributed by atoms with Crippen molar-refractivity contribution in [3.8, 4) is 0 Å². The summed E-state index contributed by atoms with van der Waals surface area (Å²) in [5.41, 5.74) is 0.534. The molecule has 7 heteroatoms. The molecule has 1 aromatic carbocycles. The number of amides is 1. The van der Waals surface area contributed by atoms with E-state index in [1.165, 1.54) is 37.8 Å². The first-order chi connectivity index (χ1) is 13.4. The monoisotopic (exact) mass is 387 g/mol. The Balaban J connectivity index is 1.24. The van der Waals surface area contributed by atoms with Crippen LogP contribution in [0.25, 0.3) is 0 Å². The third-order valence-electron chi connectivity index (χ3n) is 7.06. The van der Waals surface area contributed by atoms with E-state index in [0.717, 1.165) is 18.5 Å². The van der Waals surface area contributed by atoms with Crippen molar-refractivity contribution in [1.29, 1.82) is 0 Å².